The van der Waals surface area contributed by atoms with E-state index in [4.69, 9.17) is 25.8 Å². The van der Waals surface area contributed by atoms with E-state index < -0.39 is 11.9 Å². The van der Waals surface area contributed by atoms with Gasteiger partial charge in [0.25, 0.3) is 0 Å². The van der Waals surface area contributed by atoms with Crippen LogP contribution in [0.1, 0.15) is 46.0 Å². The predicted molar refractivity (Wildman–Crippen MR) is 97.4 cm³/mol. The van der Waals surface area contributed by atoms with Crippen molar-refractivity contribution in [2.45, 2.75) is 46.0 Å². The van der Waals surface area contributed by atoms with Crippen molar-refractivity contribution in [2.24, 2.45) is 5.92 Å². The summed E-state index contributed by atoms with van der Waals surface area (Å²) in [6.07, 6.45) is 4.13. The first-order valence-corrected chi connectivity index (χ1v) is 9.00. The molecule has 6 heteroatoms. The first-order chi connectivity index (χ1) is 12.0. The Labute approximate surface area is 154 Å². The average Bonchev–Trinajstić information content (AvgIpc) is 2.58. The van der Waals surface area contributed by atoms with Gasteiger partial charge in [0.15, 0.2) is 0 Å². The highest BCUT2D eigenvalue weighted by Crippen LogP contribution is 2.28. The van der Waals surface area contributed by atoms with Crippen molar-refractivity contribution < 1.29 is 23.8 Å². The molecule has 0 aliphatic heterocycles. The van der Waals surface area contributed by atoms with E-state index in [0.717, 1.165) is 25.7 Å². The van der Waals surface area contributed by atoms with E-state index in [9.17, 15) is 9.59 Å². The smallest absolute Gasteiger partial charge is 0.316 e. The summed E-state index contributed by atoms with van der Waals surface area (Å²) in [5.74, 6) is 0.165. The molecule has 25 heavy (non-hydrogen) atoms. The third kappa shape index (κ3) is 7.78. The molecule has 140 valence electrons. The molecule has 0 saturated carbocycles. The number of esters is 1. The zero-order valence-electron chi connectivity index (χ0n) is 15.2. The van der Waals surface area contributed by atoms with E-state index in [1.165, 1.54) is 6.92 Å². The molecule has 0 radical (unpaired) electrons. The van der Waals surface area contributed by atoms with Gasteiger partial charge in [-0.25, -0.2) is 0 Å². The topological polar surface area (TPSA) is 61.8 Å². The van der Waals surface area contributed by atoms with Crippen LogP contribution in [-0.2, 0) is 14.3 Å². The van der Waals surface area contributed by atoms with E-state index in [-0.39, 0.29) is 5.78 Å². The maximum Gasteiger partial charge on any atom is 0.316 e. The largest absolute Gasteiger partial charge is 0.497 e. The summed E-state index contributed by atoms with van der Waals surface area (Å²) in [6, 6.07) is 5.31. The molecule has 0 aromatic heterocycles. The molecule has 0 saturated heterocycles. The Morgan fingerprint density at radius 3 is 2.48 bits per heavy atom. The second kappa shape index (κ2) is 11.7. The van der Waals surface area contributed by atoms with Crippen LogP contribution in [0, 0.1) is 5.92 Å². The van der Waals surface area contributed by atoms with Gasteiger partial charge in [0, 0.05) is 6.07 Å². The van der Waals surface area contributed by atoms with Crippen LogP contribution in [0.4, 0.5) is 0 Å². The van der Waals surface area contributed by atoms with Crippen LogP contribution in [0.5, 0.6) is 11.5 Å². The molecule has 0 heterocycles. The third-order valence-corrected chi connectivity index (χ3v) is 4.14. The van der Waals surface area contributed by atoms with Crippen molar-refractivity contribution >= 4 is 23.4 Å². The average molecular weight is 371 g/mol. The number of benzene rings is 1. The first kappa shape index (κ1) is 21.3. The highest BCUT2D eigenvalue weighted by atomic mass is 35.5. The number of ether oxygens (including phenoxy) is 3. The minimum atomic E-state index is -0.630. The van der Waals surface area contributed by atoms with E-state index in [1.54, 1.807) is 32.2 Å². The number of carbonyl (C=O) groups is 2. The molecule has 1 atom stereocenters. The number of ketones is 1. The maximum absolute atomic E-state index is 11.7. The van der Waals surface area contributed by atoms with Gasteiger partial charge in [-0.05, 0) is 38.8 Å². The molecule has 0 aliphatic rings. The molecule has 0 unspecified atom stereocenters. The number of rotatable bonds is 12. The van der Waals surface area contributed by atoms with Crippen molar-refractivity contribution in [3.8, 4) is 11.5 Å². The van der Waals surface area contributed by atoms with Crippen LogP contribution in [0.3, 0.4) is 0 Å². The number of carbonyl (C=O) groups excluding carboxylic acids is 2. The van der Waals surface area contributed by atoms with Gasteiger partial charge < -0.3 is 14.2 Å². The summed E-state index contributed by atoms with van der Waals surface area (Å²) >= 11 is 6.11. The van der Waals surface area contributed by atoms with Gasteiger partial charge in [-0.3, -0.25) is 9.59 Å². The number of hydrogen-bond acceptors (Lipinski definition) is 5. The Balaban J connectivity index is 2.21. The minimum absolute atomic E-state index is 0.129. The molecule has 1 aromatic rings. The Morgan fingerprint density at radius 2 is 1.88 bits per heavy atom. The second-order valence-corrected chi connectivity index (χ2v) is 6.17. The van der Waals surface area contributed by atoms with Gasteiger partial charge >= 0.3 is 5.97 Å². The van der Waals surface area contributed by atoms with Crippen LogP contribution < -0.4 is 9.47 Å². The van der Waals surface area contributed by atoms with Gasteiger partial charge in [0.1, 0.15) is 23.2 Å². The van der Waals surface area contributed by atoms with E-state index >= 15 is 0 Å². The molecule has 0 aliphatic carbocycles. The highest BCUT2D eigenvalue weighted by Gasteiger charge is 2.23. The van der Waals surface area contributed by atoms with Gasteiger partial charge in [-0.15, -0.1) is 0 Å². The maximum atomic E-state index is 11.7. The Hall–Kier alpha value is -1.75. The van der Waals surface area contributed by atoms with Crippen molar-refractivity contribution in [3.63, 3.8) is 0 Å². The lowest BCUT2D eigenvalue weighted by molar-refractivity contribution is -0.151. The lowest BCUT2D eigenvalue weighted by Crippen LogP contribution is -2.24. The fourth-order valence-electron chi connectivity index (χ4n) is 2.44. The Bertz CT molecular complexity index is 559. The summed E-state index contributed by atoms with van der Waals surface area (Å²) in [4.78, 5) is 23.2. The number of hydrogen-bond donors (Lipinski definition) is 0. The van der Waals surface area contributed by atoms with Crippen molar-refractivity contribution in [1.82, 2.24) is 0 Å². The monoisotopic (exact) mass is 370 g/mol. The van der Waals surface area contributed by atoms with E-state index in [2.05, 4.69) is 0 Å². The number of halogens is 1. The van der Waals surface area contributed by atoms with Crippen LogP contribution in [0.2, 0.25) is 5.02 Å². The summed E-state index contributed by atoms with van der Waals surface area (Å²) in [5.41, 5.74) is 0. The standard InChI is InChI=1S/C19H27ClO5/c1-4-24-19(22)16(14(2)21)9-7-5-6-8-12-25-18-11-10-15(23-3)13-17(18)20/h10-11,13,16H,4-9,12H2,1-3H3/t16-/m0/s1. The summed E-state index contributed by atoms with van der Waals surface area (Å²) in [5, 5.41) is 0.526. The molecular formula is C19H27ClO5. The van der Waals surface area contributed by atoms with Crippen molar-refractivity contribution in [2.75, 3.05) is 20.3 Å². The number of unbranched alkanes of at least 4 members (excludes halogenated alkanes) is 3. The zero-order valence-corrected chi connectivity index (χ0v) is 15.9. The van der Waals surface area contributed by atoms with Crippen LogP contribution >= 0.6 is 11.6 Å². The normalized spacial score (nSPS) is 11.7. The first-order valence-electron chi connectivity index (χ1n) is 8.63. The Kier molecular flexibility index (Phi) is 10.0. The predicted octanol–water partition coefficient (Wildman–Crippen LogP) is 4.45. The third-order valence-electron chi connectivity index (χ3n) is 3.85. The fourth-order valence-corrected chi connectivity index (χ4v) is 2.67. The Morgan fingerprint density at radius 1 is 1.16 bits per heavy atom. The summed E-state index contributed by atoms with van der Waals surface area (Å²) in [6.45, 7) is 4.05. The van der Waals surface area contributed by atoms with Crippen LogP contribution in [-0.4, -0.2) is 32.1 Å². The minimum Gasteiger partial charge on any atom is -0.497 e. The quantitative estimate of drug-likeness (QED) is 0.309. The molecule has 0 N–H and O–H groups in total. The van der Waals surface area contributed by atoms with Crippen LogP contribution in [0.25, 0.3) is 0 Å². The second-order valence-electron chi connectivity index (χ2n) is 5.76. The van der Waals surface area contributed by atoms with Crippen molar-refractivity contribution in [3.05, 3.63) is 23.2 Å². The molecular weight excluding hydrogens is 344 g/mol. The molecule has 1 rings (SSSR count). The van der Waals surface area contributed by atoms with Gasteiger partial charge in [-0.1, -0.05) is 30.9 Å². The molecule has 1 aromatic carbocycles. The van der Waals surface area contributed by atoms with Crippen molar-refractivity contribution in [1.29, 1.82) is 0 Å². The van der Waals surface area contributed by atoms with E-state index in [1.807, 2.05) is 0 Å². The summed E-state index contributed by atoms with van der Waals surface area (Å²) in [7, 11) is 1.59. The number of Topliss-reactive ketones (excluding diaryl/α,β-unsaturated/α-hetero) is 1. The number of methoxy groups -OCH3 is 1. The van der Waals surface area contributed by atoms with Gasteiger partial charge in [0.05, 0.1) is 25.3 Å². The highest BCUT2D eigenvalue weighted by molar-refractivity contribution is 6.32. The SMILES string of the molecule is CCOC(=O)[C@@H](CCCCCCOc1ccc(OC)cc1Cl)C(C)=O. The lowest BCUT2D eigenvalue weighted by atomic mass is 9.97. The van der Waals surface area contributed by atoms with Gasteiger partial charge in [0.2, 0.25) is 0 Å². The molecule has 0 spiro atoms. The zero-order chi connectivity index (χ0) is 18.7. The fraction of sp³-hybridized carbons (Fsp3) is 0.579. The lowest BCUT2D eigenvalue weighted by Gasteiger charge is -2.12. The van der Waals surface area contributed by atoms with E-state index in [0.29, 0.717) is 36.2 Å². The summed E-state index contributed by atoms with van der Waals surface area (Å²) < 4.78 is 15.7. The van der Waals surface area contributed by atoms with Gasteiger partial charge in [-0.2, -0.15) is 0 Å². The van der Waals surface area contributed by atoms with Crippen LogP contribution in [0.15, 0.2) is 18.2 Å². The molecule has 0 amide bonds. The molecule has 0 fully saturated rings. The molecule has 0 bridgehead atoms. The molecule has 5 nitrogen and oxygen atoms in total.